The fraction of sp³-hybridized carbons (Fsp3) is 0.300. The zero-order valence-corrected chi connectivity index (χ0v) is 8.51. The molecule has 80 valence electrons. The first-order valence-corrected chi connectivity index (χ1v) is 4.67. The molecule has 0 aliphatic carbocycles. The lowest BCUT2D eigenvalue weighted by Crippen LogP contribution is -2.28. The van der Waals surface area contributed by atoms with Gasteiger partial charge in [-0.2, -0.15) is 0 Å². The quantitative estimate of drug-likeness (QED) is 0.736. The number of oxime groups is 1. The number of benzene rings is 1. The van der Waals surface area contributed by atoms with Gasteiger partial charge in [-0.1, -0.05) is 5.16 Å². The highest BCUT2D eigenvalue weighted by Crippen LogP contribution is 2.27. The first-order chi connectivity index (χ1) is 7.31. The van der Waals surface area contributed by atoms with Gasteiger partial charge < -0.3 is 20.2 Å². The molecule has 2 N–H and O–H groups in total. The fourth-order valence-corrected chi connectivity index (χ4v) is 1.41. The maximum Gasteiger partial charge on any atom is 0.143 e. The summed E-state index contributed by atoms with van der Waals surface area (Å²) in [5, 5.41) is 3.74. The molecular formula is C10H13N3O2. The highest BCUT2D eigenvalue weighted by atomic mass is 16.6. The van der Waals surface area contributed by atoms with Gasteiger partial charge in [-0.15, -0.1) is 0 Å². The van der Waals surface area contributed by atoms with Crippen molar-refractivity contribution in [2.45, 2.75) is 0 Å². The molecule has 2 rings (SSSR count). The first kappa shape index (κ1) is 9.64. The average molecular weight is 207 g/mol. The van der Waals surface area contributed by atoms with Crippen LogP contribution in [0, 0.1) is 0 Å². The highest BCUT2D eigenvalue weighted by molar-refractivity contribution is 5.80. The van der Waals surface area contributed by atoms with Crippen LogP contribution in [0.2, 0.25) is 0 Å². The van der Waals surface area contributed by atoms with Gasteiger partial charge >= 0.3 is 0 Å². The maximum absolute atomic E-state index is 5.73. The van der Waals surface area contributed by atoms with Gasteiger partial charge in [0.05, 0.1) is 19.3 Å². The molecule has 0 atom stereocenters. The van der Waals surface area contributed by atoms with Gasteiger partial charge in [0, 0.05) is 11.8 Å². The van der Waals surface area contributed by atoms with Crippen LogP contribution >= 0.6 is 0 Å². The lowest BCUT2D eigenvalue weighted by atomic mass is 10.2. The largest absolute Gasteiger partial charge is 0.495 e. The van der Waals surface area contributed by atoms with Crippen LogP contribution in [-0.2, 0) is 4.84 Å². The summed E-state index contributed by atoms with van der Waals surface area (Å²) in [4.78, 5) is 6.85. The molecule has 1 aromatic carbocycles. The van der Waals surface area contributed by atoms with E-state index in [-0.39, 0.29) is 0 Å². The van der Waals surface area contributed by atoms with E-state index in [9.17, 15) is 0 Å². The summed E-state index contributed by atoms with van der Waals surface area (Å²) in [5.74, 6) is 0.674. The van der Waals surface area contributed by atoms with E-state index in [0.717, 1.165) is 12.2 Å². The minimum atomic E-state index is 0.586. The second-order valence-electron chi connectivity index (χ2n) is 3.17. The molecule has 1 heterocycles. The van der Waals surface area contributed by atoms with E-state index in [0.29, 0.717) is 18.0 Å². The molecule has 15 heavy (non-hydrogen) atoms. The monoisotopic (exact) mass is 207 g/mol. The number of ether oxygens (including phenoxy) is 1. The van der Waals surface area contributed by atoms with Crippen molar-refractivity contribution >= 4 is 17.7 Å². The number of methoxy groups -OCH3 is 1. The maximum atomic E-state index is 5.73. The van der Waals surface area contributed by atoms with E-state index in [4.69, 9.17) is 15.3 Å². The molecular weight excluding hydrogens is 194 g/mol. The Bertz CT molecular complexity index is 379. The lowest BCUT2D eigenvalue weighted by molar-refractivity contribution is 0.145. The van der Waals surface area contributed by atoms with E-state index < -0.39 is 0 Å². The molecule has 5 nitrogen and oxygen atoms in total. The summed E-state index contributed by atoms with van der Waals surface area (Å²) in [6, 6.07) is 5.62. The Morgan fingerprint density at radius 2 is 2.40 bits per heavy atom. The molecule has 1 aliphatic rings. The topological polar surface area (TPSA) is 60.1 Å². The van der Waals surface area contributed by atoms with Crippen molar-refractivity contribution in [2.24, 2.45) is 5.16 Å². The van der Waals surface area contributed by atoms with Gasteiger partial charge in [-0.25, -0.2) is 0 Å². The third-order valence-electron chi connectivity index (χ3n) is 2.23. The predicted molar refractivity (Wildman–Crippen MR) is 59.2 cm³/mol. The highest BCUT2D eigenvalue weighted by Gasteiger charge is 2.10. The molecule has 0 radical (unpaired) electrons. The van der Waals surface area contributed by atoms with Gasteiger partial charge in [-0.05, 0) is 12.1 Å². The summed E-state index contributed by atoms with van der Waals surface area (Å²) < 4.78 is 5.15. The summed E-state index contributed by atoms with van der Waals surface area (Å²) >= 11 is 0. The number of rotatable bonds is 2. The second-order valence-corrected chi connectivity index (χ2v) is 3.17. The Morgan fingerprint density at radius 3 is 3.07 bits per heavy atom. The molecule has 0 amide bonds. The van der Waals surface area contributed by atoms with E-state index in [1.807, 2.05) is 23.1 Å². The zero-order chi connectivity index (χ0) is 10.7. The van der Waals surface area contributed by atoms with Crippen molar-refractivity contribution in [3.63, 3.8) is 0 Å². The summed E-state index contributed by atoms with van der Waals surface area (Å²) in [5.41, 5.74) is 7.35. The van der Waals surface area contributed by atoms with Crippen molar-refractivity contribution in [1.29, 1.82) is 0 Å². The number of nitrogens with zero attached hydrogens (tertiary/aromatic N) is 2. The van der Waals surface area contributed by atoms with Crippen LogP contribution in [-0.4, -0.2) is 26.6 Å². The van der Waals surface area contributed by atoms with Crippen LogP contribution in [0.3, 0.4) is 0 Å². The van der Waals surface area contributed by atoms with E-state index in [1.165, 1.54) is 0 Å². The number of hydrogen-bond donors (Lipinski definition) is 1. The van der Waals surface area contributed by atoms with E-state index >= 15 is 0 Å². The molecule has 0 fully saturated rings. The number of nitrogens with two attached hydrogens (primary N) is 1. The zero-order valence-electron chi connectivity index (χ0n) is 8.51. The predicted octanol–water partition coefficient (Wildman–Crippen LogP) is 1.06. The van der Waals surface area contributed by atoms with Crippen molar-refractivity contribution in [2.75, 3.05) is 30.9 Å². The molecule has 5 heteroatoms. The van der Waals surface area contributed by atoms with Crippen molar-refractivity contribution in [1.82, 2.24) is 0 Å². The molecule has 1 aliphatic heterocycles. The van der Waals surface area contributed by atoms with Gasteiger partial charge in [-0.3, -0.25) is 0 Å². The van der Waals surface area contributed by atoms with E-state index in [1.54, 1.807) is 13.4 Å². The Labute approximate surface area is 88.1 Å². The molecule has 0 aromatic heterocycles. The van der Waals surface area contributed by atoms with Gasteiger partial charge in [0.2, 0.25) is 0 Å². The normalized spacial score (nSPS) is 14.9. The number of anilines is 2. The molecule has 1 aromatic rings. The summed E-state index contributed by atoms with van der Waals surface area (Å²) in [7, 11) is 1.60. The van der Waals surface area contributed by atoms with Crippen LogP contribution in [0.25, 0.3) is 0 Å². The number of hydrogen-bond acceptors (Lipinski definition) is 5. The minimum absolute atomic E-state index is 0.586. The first-order valence-electron chi connectivity index (χ1n) is 4.67. The van der Waals surface area contributed by atoms with Crippen LogP contribution < -0.4 is 15.4 Å². The Balaban J connectivity index is 2.28. The third-order valence-corrected chi connectivity index (χ3v) is 2.23. The summed E-state index contributed by atoms with van der Waals surface area (Å²) in [6.07, 6.45) is 1.65. The van der Waals surface area contributed by atoms with Gasteiger partial charge in [0.25, 0.3) is 0 Å². The fourth-order valence-electron chi connectivity index (χ4n) is 1.41. The number of nitrogen functional groups attached to an aromatic ring is 1. The van der Waals surface area contributed by atoms with Gasteiger partial charge in [0.1, 0.15) is 18.7 Å². The standard InChI is InChI=1S/C10H13N3O2/c1-14-10-6-8(2-3-9(10)11)13-4-5-15-12-7-13/h2-3,6-7H,4-5,11H2,1H3. The molecule has 0 unspecified atom stereocenters. The lowest BCUT2D eigenvalue weighted by Gasteiger charge is -2.22. The second kappa shape index (κ2) is 4.08. The molecule has 0 saturated heterocycles. The van der Waals surface area contributed by atoms with Crippen LogP contribution in [0.5, 0.6) is 5.75 Å². The molecule has 0 spiro atoms. The van der Waals surface area contributed by atoms with Crippen LogP contribution in [0.4, 0.5) is 11.4 Å². The van der Waals surface area contributed by atoms with Crippen molar-refractivity contribution in [3.05, 3.63) is 18.2 Å². The average Bonchev–Trinajstić information content (AvgIpc) is 2.31. The van der Waals surface area contributed by atoms with Crippen LogP contribution in [0.1, 0.15) is 0 Å². The third kappa shape index (κ3) is 1.96. The van der Waals surface area contributed by atoms with Crippen molar-refractivity contribution in [3.8, 4) is 5.75 Å². The Kier molecular flexibility index (Phi) is 2.62. The summed E-state index contributed by atoms with van der Waals surface area (Å²) in [6.45, 7) is 1.36. The van der Waals surface area contributed by atoms with E-state index in [2.05, 4.69) is 5.16 Å². The minimum Gasteiger partial charge on any atom is -0.495 e. The van der Waals surface area contributed by atoms with Crippen LogP contribution in [0.15, 0.2) is 23.4 Å². The molecule has 0 saturated carbocycles. The molecule has 0 bridgehead atoms. The van der Waals surface area contributed by atoms with Gasteiger partial charge in [0.15, 0.2) is 0 Å². The Hall–Kier alpha value is -1.91. The van der Waals surface area contributed by atoms with Crippen molar-refractivity contribution < 1.29 is 9.57 Å². The smallest absolute Gasteiger partial charge is 0.143 e. The SMILES string of the molecule is COc1cc(N2C=NOCC2)ccc1N. The Morgan fingerprint density at radius 1 is 1.53 bits per heavy atom.